The number of carbonyl (C=O) groups excluding carboxylic acids is 2. The first-order chi connectivity index (χ1) is 23.2. The minimum absolute atomic E-state index is 0.0502. The number of aromatic nitrogens is 1. The number of para-hydroxylation sites is 1. The summed E-state index contributed by atoms with van der Waals surface area (Å²) in [6.45, 7) is 6.77. The van der Waals surface area contributed by atoms with Crippen LogP contribution in [-0.2, 0) is 22.6 Å². The molecule has 0 radical (unpaired) electrons. The number of ether oxygens (including phenoxy) is 3. The van der Waals surface area contributed by atoms with E-state index in [2.05, 4.69) is 44.9 Å². The first-order valence-electron chi connectivity index (χ1n) is 16.6. The van der Waals surface area contributed by atoms with Crippen molar-refractivity contribution in [3.05, 3.63) is 82.1 Å². The summed E-state index contributed by atoms with van der Waals surface area (Å²) in [5.41, 5.74) is 4.28. The van der Waals surface area contributed by atoms with E-state index in [9.17, 15) is 14.4 Å². The van der Waals surface area contributed by atoms with Gasteiger partial charge in [0, 0.05) is 37.3 Å². The van der Waals surface area contributed by atoms with Gasteiger partial charge < -0.3 is 34.7 Å². The Hall–Kier alpha value is -4.99. The van der Waals surface area contributed by atoms with E-state index in [0.717, 1.165) is 36.1 Å². The molecule has 0 aliphatic heterocycles. The number of nitrogens with one attached hydrogen (secondary N) is 3. The standard InChI is InChI=1S/C38H46N4O6/c1-7-23(2)35(38(45)39-18-10-19-42-20-17-25-11-8-9-12-31(25)42)41-30-16-14-27-28(22-32(30)44)29(40-24(3)43)15-13-26-21-33(46-4)36(47-5)37(48-6)34(26)27/h8-9,11-12,14,16-17,20-23,29,35H,7,10,13,15,18-19H2,1-6H3,(H,39,45)(H,40,43)(H,41,44). The summed E-state index contributed by atoms with van der Waals surface area (Å²) in [4.78, 5) is 39.8. The Bertz CT molecular complexity index is 1850. The van der Waals surface area contributed by atoms with Crippen LogP contribution in [0.25, 0.3) is 22.0 Å². The number of hydrogen-bond acceptors (Lipinski definition) is 7. The van der Waals surface area contributed by atoms with Crippen molar-refractivity contribution in [2.24, 2.45) is 5.92 Å². The number of carbonyl (C=O) groups is 2. The maximum absolute atomic E-state index is 13.9. The summed E-state index contributed by atoms with van der Waals surface area (Å²) < 4.78 is 19.4. The third-order valence-electron chi connectivity index (χ3n) is 9.28. The maximum Gasteiger partial charge on any atom is 0.242 e. The normalized spacial score (nSPS) is 14.9. The van der Waals surface area contributed by atoms with Gasteiger partial charge in [0.2, 0.25) is 23.0 Å². The smallest absolute Gasteiger partial charge is 0.242 e. The molecule has 3 N–H and O–H groups in total. The fourth-order valence-corrected chi connectivity index (χ4v) is 6.60. The average molecular weight is 655 g/mol. The zero-order chi connectivity index (χ0) is 34.4. The number of benzene rings is 2. The van der Waals surface area contributed by atoms with E-state index in [1.807, 2.05) is 38.1 Å². The van der Waals surface area contributed by atoms with Crippen LogP contribution in [0.2, 0.25) is 0 Å². The Morgan fingerprint density at radius 2 is 1.77 bits per heavy atom. The first kappa shape index (κ1) is 34.3. The van der Waals surface area contributed by atoms with Crippen molar-refractivity contribution >= 4 is 28.4 Å². The predicted octanol–water partition coefficient (Wildman–Crippen LogP) is 5.85. The van der Waals surface area contributed by atoms with E-state index < -0.39 is 12.1 Å². The van der Waals surface area contributed by atoms with E-state index in [0.29, 0.717) is 47.9 Å². The van der Waals surface area contributed by atoms with Crippen LogP contribution in [0.4, 0.5) is 5.69 Å². The molecule has 0 saturated heterocycles. The maximum atomic E-state index is 13.9. The highest BCUT2D eigenvalue weighted by atomic mass is 16.5. The van der Waals surface area contributed by atoms with Crippen molar-refractivity contribution in [2.75, 3.05) is 33.2 Å². The number of anilines is 1. The van der Waals surface area contributed by atoms with Crippen LogP contribution in [-0.4, -0.2) is 50.3 Å². The minimum atomic E-state index is -0.630. The molecule has 1 aliphatic carbocycles. The van der Waals surface area contributed by atoms with Crippen molar-refractivity contribution in [1.82, 2.24) is 15.2 Å². The van der Waals surface area contributed by atoms with Crippen molar-refractivity contribution < 1.29 is 23.8 Å². The lowest BCUT2D eigenvalue weighted by Crippen LogP contribution is -2.44. The van der Waals surface area contributed by atoms with Crippen LogP contribution in [0.5, 0.6) is 17.2 Å². The van der Waals surface area contributed by atoms with E-state index in [1.54, 1.807) is 33.5 Å². The molecule has 48 heavy (non-hydrogen) atoms. The number of amides is 2. The van der Waals surface area contributed by atoms with Gasteiger partial charge in [0.15, 0.2) is 11.5 Å². The lowest BCUT2D eigenvalue weighted by molar-refractivity contribution is -0.123. The fraction of sp³-hybridized carbons (Fsp3) is 0.395. The molecule has 10 heteroatoms. The zero-order valence-corrected chi connectivity index (χ0v) is 28.6. The summed E-state index contributed by atoms with van der Waals surface area (Å²) in [7, 11) is 4.69. The second-order valence-corrected chi connectivity index (χ2v) is 12.3. The van der Waals surface area contributed by atoms with Crippen LogP contribution in [0.3, 0.4) is 0 Å². The second-order valence-electron chi connectivity index (χ2n) is 12.3. The highest BCUT2D eigenvalue weighted by molar-refractivity contribution is 5.86. The molecule has 4 aromatic rings. The van der Waals surface area contributed by atoms with Gasteiger partial charge >= 0.3 is 0 Å². The molecule has 2 amide bonds. The third-order valence-corrected chi connectivity index (χ3v) is 9.28. The van der Waals surface area contributed by atoms with E-state index in [4.69, 9.17) is 14.2 Å². The molecular weight excluding hydrogens is 608 g/mol. The van der Waals surface area contributed by atoms with Gasteiger partial charge in [-0.2, -0.15) is 0 Å². The zero-order valence-electron chi connectivity index (χ0n) is 28.6. The Morgan fingerprint density at radius 3 is 2.48 bits per heavy atom. The second kappa shape index (κ2) is 15.3. The Balaban J connectivity index is 1.45. The Labute approximate surface area is 281 Å². The molecule has 0 saturated carbocycles. The van der Waals surface area contributed by atoms with Crippen molar-refractivity contribution in [3.8, 4) is 28.4 Å². The number of nitrogens with zero attached hydrogens (tertiary/aromatic N) is 1. The predicted molar refractivity (Wildman–Crippen MR) is 189 cm³/mol. The highest BCUT2D eigenvalue weighted by Gasteiger charge is 2.30. The summed E-state index contributed by atoms with van der Waals surface area (Å²) in [5.74, 6) is 1.04. The SMILES string of the molecule is CCC(C)C(Nc1ccc2c(cc1=O)C(NC(C)=O)CCc1cc(OC)c(OC)c(OC)c1-2)C(=O)NCCCn1ccc2ccccc21. The number of hydrogen-bond donors (Lipinski definition) is 3. The third kappa shape index (κ3) is 7.12. The lowest BCUT2D eigenvalue weighted by Gasteiger charge is -2.24. The van der Waals surface area contributed by atoms with Crippen molar-refractivity contribution in [3.63, 3.8) is 0 Å². The van der Waals surface area contributed by atoms with Gasteiger partial charge in [-0.25, -0.2) is 0 Å². The number of fused-ring (bicyclic) bond motifs is 4. The monoisotopic (exact) mass is 654 g/mol. The Morgan fingerprint density at radius 1 is 1.00 bits per heavy atom. The molecule has 0 bridgehead atoms. The quantitative estimate of drug-likeness (QED) is 0.155. The van der Waals surface area contributed by atoms with E-state index >= 15 is 0 Å². The lowest BCUT2D eigenvalue weighted by atomic mass is 9.95. The minimum Gasteiger partial charge on any atom is -0.493 e. The van der Waals surface area contributed by atoms with Crippen LogP contribution in [0, 0.1) is 5.92 Å². The van der Waals surface area contributed by atoms with Gasteiger partial charge in [-0.15, -0.1) is 0 Å². The molecule has 1 aromatic heterocycles. The summed E-state index contributed by atoms with van der Waals surface area (Å²) >= 11 is 0. The van der Waals surface area contributed by atoms with Crippen LogP contribution in [0.15, 0.2) is 65.6 Å². The number of aryl methyl sites for hydroxylation is 2. The highest BCUT2D eigenvalue weighted by Crippen LogP contribution is 2.50. The van der Waals surface area contributed by atoms with Gasteiger partial charge in [-0.1, -0.05) is 44.5 Å². The Kier molecular flexibility index (Phi) is 10.9. The molecule has 0 fully saturated rings. The first-order valence-corrected chi connectivity index (χ1v) is 16.6. The van der Waals surface area contributed by atoms with Gasteiger partial charge in [-0.3, -0.25) is 14.4 Å². The molecule has 10 nitrogen and oxygen atoms in total. The van der Waals surface area contributed by atoms with Gasteiger partial charge in [0.05, 0.1) is 33.1 Å². The molecule has 5 rings (SSSR count). The van der Waals surface area contributed by atoms with E-state index in [1.165, 1.54) is 17.8 Å². The van der Waals surface area contributed by atoms with Crippen molar-refractivity contribution in [2.45, 2.75) is 65.1 Å². The molecule has 3 aromatic carbocycles. The molecule has 254 valence electrons. The summed E-state index contributed by atoms with van der Waals surface area (Å²) in [6.07, 6.45) is 4.73. The molecule has 3 atom stereocenters. The number of methoxy groups -OCH3 is 3. The van der Waals surface area contributed by atoms with Crippen molar-refractivity contribution in [1.29, 1.82) is 0 Å². The molecular formula is C38H46N4O6. The summed E-state index contributed by atoms with van der Waals surface area (Å²) in [6, 6.07) is 16.3. The molecule has 3 unspecified atom stereocenters. The topological polar surface area (TPSA) is 120 Å². The van der Waals surface area contributed by atoms with Crippen LogP contribution < -0.4 is 35.6 Å². The van der Waals surface area contributed by atoms with E-state index in [-0.39, 0.29) is 23.2 Å². The molecule has 0 spiro atoms. The fourth-order valence-electron chi connectivity index (χ4n) is 6.60. The summed E-state index contributed by atoms with van der Waals surface area (Å²) in [5, 5.41) is 10.6. The van der Waals surface area contributed by atoms with Crippen LogP contribution in [0.1, 0.15) is 57.2 Å². The van der Waals surface area contributed by atoms with Crippen LogP contribution >= 0.6 is 0 Å². The van der Waals surface area contributed by atoms with Gasteiger partial charge in [0.25, 0.3) is 0 Å². The molecule has 1 aliphatic rings. The van der Waals surface area contributed by atoms with Gasteiger partial charge in [-0.05, 0) is 77.6 Å². The molecule has 1 heterocycles. The largest absolute Gasteiger partial charge is 0.493 e. The van der Waals surface area contributed by atoms with Gasteiger partial charge in [0.1, 0.15) is 6.04 Å². The number of rotatable bonds is 13. The average Bonchev–Trinajstić information content (AvgIpc) is 3.36.